The first kappa shape index (κ1) is 9.44. The Balaban J connectivity index is 2.94. The average molecular weight is 182 g/mol. The number of carbonyl (C=O) groups is 1. The highest BCUT2D eigenvalue weighted by Gasteiger charge is 2.15. The number of methoxy groups -OCH3 is 1. The number of carboxylic acids is 1. The Morgan fingerprint density at radius 2 is 2.31 bits per heavy atom. The largest absolute Gasteiger partial charge is 0.481 e. The Bertz CT molecular complexity index is 314. The molecule has 0 aliphatic heterocycles. The molecule has 1 aromatic rings. The lowest BCUT2D eigenvalue weighted by Crippen LogP contribution is -2.09. The van der Waals surface area contributed by atoms with Gasteiger partial charge in [-0.2, -0.15) is 0 Å². The van der Waals surface area contributed by atoms with Crippen molar-refractivity contribution >= 4 is 5.97 Å². The van der Waals surface area contributed by atoms with Crippen LogP contribution < -0.4 is 4.74 Å². The molecule has 0 aliphatic carbocycles. The van der Waals surface area contributed by atoms with Crippen LogP contribution in [0.1, 0.15) is 18.5 Å². The van der Waals surface area contributed by atoms with Crippen LogP contribution >= 0.6 is 0 Å². The number of aliphatic carboxylic acids is 1. The van der Waals surface area contributed by atoms with Gasteiger partial charge >= 0.3 is 5.97 Å². The Kier molecular flexibility index (Phi) is 2.79. The van der Waals surface area contributed by atoms with Crippen LogP contribution in [-0.2, 0) is 4.79 Å². The molecule has 0 aromatic carbocycles. The highest BCUT2D eigenvalue weighted by Crippen LogP contribution is 2.14. The summed E-state index contributed by atoms with van der Waals surface area (Å²) in [6.45, 7) is 1.55. The van der Waals surface area contributed by atoms with Crippen molar-refractivity contribution < 1.29 is 14.6 Å². The van der Waals surface area contributed by atoms with Gasteiger partial charge in [-0.3, -0.25) is 9.78 Å². The lowest BCUT2D eigenvalue weighted by Gasteiger charge is -2.05. The summed E-state index contributed by atoms with van der Waals surface area (Å²) in [5.74, 6) is -1.27. The standard InChI is InChI=1S/C8H10N2O3/c1-5(8(11)12)6-3-9-4-7(10-6)13-2/h3-5H,1-2H3,(H,11,12). The second kappa shape index (κ2) is 3.84. The third-order valence-corrected chi connectivity index (χ3v) is 1.65. The Morgan fingerprint density at radius 1 is 1.62 bits per heavy atom. The lowest BCUT2D eigenvalue weighted by molar-refractivity contribution is -0.138. The van der Waals surface area contributed by atoms with Crippen molar-refractivity contribution in [3.8, 4) is 5.88 Å². The van der Waals surface area contributed by atoms with E-state index in [-0.39, 0.29) is 0 Å². The first-order valence-corrected chi connectivity index (χ1v) is 3.74. The molecule has 0 saturated carbocycles. The number of carboxylic acid groups (broad SMARTS) is 1. The minimum absolute atomic E-state index is 0.325. The van der Waals surface area contributed by atoms with Crippen molar-refractivity contribution in [1.29, 1.82) is 0 Å². The van der Waals surface area contributed by atoms with Crippen molar-refractivity contribution in [3.05, 3.63) is 18.1 Å². The van der Waals surface area contributed by atoms with E-state index in [1.165, 1.54) is 19.5 Å². The molecule has 0 aliphatic rings. The minimum atomic E-state index is -0.928. The van der Waals surface area contributed by atoms with Crippen LogP contribution in [-0.4, -0.2) is 28.2 Å². The minimum Gasteiger partial charge on any atom is -0.481 e. The molecule has 1 heterocycles. The zero-order chi connectivity index (χ0) is 9.84. The molecule has 1 atom stereocenters. The maximum Gasteiger partial charge on any atom is 0.312 e. The quantitative estimate of drug-likeness (QED) is 0.743. The van der Waals surface area contributed by atoms with E-state index < -0.39 is 11.9 Å². The van der Waals surface area contributed by atoms with E-state index >= 15 is 0 Å². The number of ether oxygens (including phenoxy) is 1. The topological polar surface area (TPSA) is 72.3 Å². The summed E-state index contributed by atoms with van der Waals surface area (Å²) in [4.78, 5) is 18.3. The van der Waals surface area contributed by atoms with E-state index in [0.717, 1.165) is 0 Å². The van der Waals surface area contributed by atoms with Crippen LogP contribution in [0.15, 0.2) is 12.4 Å². The SMILES string of the molecule is COc1cncc(C(C)C(=O)O)n1. The normalized spacial score (nSPS) is 12.2. The van der Waals surface area contributed by atoms with Crippen LogP contribution in [0.4, 0.5) is 0 Å². The molecule has 5 heteroatoms. The van der Waals surface area contributed by atoms with Gasteiger partial charge in [0.2, 0.25) is 5.88 Å². The zero-order valence-electron chi connectivity index (χ0n) is 7.39. The molecule has 13 heavy (non-hydrogen) atoms. The molecular weight excluding hydrogens is 172 g/mol. The van der Waals surface area contributed by atoms with Gasteiger partial charge in [0.15, 0.2) is 0 Å². The molecule has 5 nitrogen and oxygen atoms in total. The van der Waals surface area contributed by atoms with Crippen LogP contribution in [0, 0.1) is 0 Å². The van der Waals surface area contributed by atoms with E-state index in [9.17, 15) is 4.79 Å². The first-order chi connectivity index (χ1) is 6.15. The Morgan fingerprint density at radius 3 is 2.85 bits per heavy atom. The van der Waals surface area contributed by atoms with Gasteiger partial charge < -0.3 is 9.84 Å². The molecule has 70 valence electrons. The zero-order valence-corrected chi connectivity index (χ0v) is 7.39. The fourth-order valence-electron chi connectivity index (χ4n) is 0.796. The monoisotopic (exact) mass is 182 g/mol. The third-order valence-electron chi connectivity index (χ3n) is 1.65. The first-order valence-electron chi connectivity index (χ1n) is 3.74. The maximum atomic E-state index is 10.6. The maximum absolute atomic E-state index is 10.6. The summed E-state index contributed by atoms with van der Waals surface area (Å²) in [5, 5.41) is 8.69. The van der Waals surface area contributed by atoms with Crippen LogP contribution in [0.2, 0.25) is 0 Å². The van der Waals surface area contributed by atoms with Gasteiger partial charge in [0.1, 0.15) is 0 Å². The molecule has 1 rings (SSSR count). The summed E-state index contributed by atoms with van der Waals surface area (Å²) < 4.78 is 4.82. The molecule has 0 fully saturated rings. The van der Waals surface area contributed by atoms with Crippen LogP contribution in [0.5, 0.6) is 5.88 Å². The van der Waals surface area contributed by atoms with Gasteiger partial charge in [-0.25, -0.2) is 4.98 Å². The van der Waals surface area contributed by atoms with Crippen LogP contribution in [0.25, 0.3) is 0 Å². The molecule has 0 amide bonds. The summed E-state index contributed by atoms with van der Waals surface area (Å²) in [6, 6.07) is 0. The molecule has 1 unspecified atom stereocenters. The fourth-order valence-corrected chi connectivity index (χ4v) is 0.796. The van der Waals surface area contributed by atoms with E-state index in [0.29, 0.717) is 11.6 Å². The predicted octanol–water partition coefficient (Wildman–Crippen LogP) is 0.673. The van der Waals surface area contributed by atoms with E-state index in [2.05, 4.69) is 9.97 Å². The van der Waals surface area contributed by atoms with Crippen molar-refractivity contribution in [2.24, 2.45) is 0 Å². The fraction of sp³-hybridized carbons (Fsp3) is 0.375. The van der Waals surface area contributed by atoms with E-state index in [4.69, 9.17) is 9.84 Å². The molecule has 0 bridgehead atoms. The number of hydrogen-bond acceptors (Lipinski definition) is 4. The second-order valence-corrected chi connectivity index (χ2v) is 2.55. The van der Waals surface area contributed by atoms with Crippen molar-refractivity contribution in [2.75, 3.05) is 7.11 Å². The van der Waals surface area contributed by atoms with Gasteiger partial charge in [-0.1, -0.05) is 0 Å². The van der Waals surface area contributed by atoms with Crippen molar-refractivity contribution in [1.82, 2.24) is 9.97 Å². The van der Waals surface area contributed by atoms with Crippen molar-refractivity contribution in [2.45, 2.75) is 12.8 Å². The second-order valence-electron chi connectivity index (χ2n) is 2.55. The van der Waals surface area contributed by atoms with E-state index in [1.54, 1.807) is 6.92 Å². The molecular formula is C8H10N2O3. The molecule has 1 aromatic heterocycles. The van der Waals surface area contributed by atoms with Gasteiger partial charge in [0, 0.05) is 6.20 Å². The summed E-state index contributed by atoms with van der Waals surface area (Å²) >= 11 is 0. The summed E-state index contributed by atoms with van der Waals surface area (Å²) in [6.07, 6.45) is 2.85. The van der Waals surface area contributed by atoms with Crippen molar-refractivity contribution in [3.63, 3.8) is 0 Å². The Hall–Kier alpha value is -1.65. The lowest BCUT2D eigenvalue weighted by atomic mass is 10.1. The highest BCUT2D eigenvalue weighted by molar-refractivity contribution is 5.74. The number of aromatic nitrogens is 2. The van der Waals surface area contributed by atoms with Gasteiger partial charge in [-0.05, 0) is 6.92 Å². The van der Waals surface area contributed by atoms with Gasteiger partial charge in [-0.15, -0.1) is 0 Å². The smallest absolute Gasteiger partial charge is 0.312 e. The molecule has 1 N–H and O–H groups in total. The summed E-state index contributed by atoms with van der Waals surface area (Å²) in [5.41, 5.74) is 0.395. The third kappa shape index (κ3) is 2.14. The van der Waals surface area contributed by atoms with E-state index in [1.807, 2.05) is 0 Å². The number of nitrogens with zero attached hydrogens (tertiary/aromatic N) is 2. The molecule has 0 saturated heterocycles. The Labute approximate surface area is 75.4 Å². The predicted molar refractivity (Wildman–Crippen MR) is 44.6 cm³/mol. The highest BCUT2D eigenvalue weighted by atomic mass is 16.5. The van der Waals surface area contributed by atoms with Gasteiger partial charge in [0.05, 0.1) is 24.9 Å². The number of hydrogen-bond donors (Lipinski definition) is 1. The van der Waals surface area contributed by atoms with Gasteiger partial charge in [0.25, 0.3) is 0 Å². The number of rotatable bonds is 3. The van der Waals surface area contributed by atoms with Crippen LogP contribution in [0.3, 0.4) is 0 Å². The molecule has 0 spiro atoms. The average Bonchev–Trinajstić information content (AvgIpc) is 2.16. The molecule has 0 radical (unpaired) electrons. The summed E-state index contributed by atoms with van der Waals surface area (Å²) in [7, 11) is 1.46.